The van der Waals surface area contributed by atoms with Crippen LogP contribution in [0.2, 0.25) is 0 Å². The molecule has 1 aromatic carbocycles. The highest BCUT2D eigenvalue weighted by atomic mass is 16.5. The zero-order valence-electron chi connectivity index (χ0n) is 10.1. The molecule has 4 heteroatoms. The molecule has 17 heavy (non-hydrogen) atoms. The maximum atomic E-state index is 11.6. The predicted octanol–water partition coefficient (Wildman–Crippen LogP) is 1.82. The number of carbonyl (C=O) groups excluding carboxylic acids is 2. The number of carbonyl (C=O) groups is 2. The van der Waals surface area contributed by atoms with E-state index in [0.717, 1.165) is 12.0 Å². The molecule has 0 bridgehead atoms. The Hall–Kier alpha value is -1.84. The van der Waals surface area contributed by atoms with E-state index in [1.54, 1.807) is 12.1 Å². The van der Waals surface area contributed by atoms with E-state index < -0.39 is 12.0 Å². The number of hydrogen-bond acceptors (Lipinski definition) is 3. The minimum atomic E-state index is -0.722. The summed E-state index contributed by atoms with van der Waals surface area (Å²) >= 11 is 0. The first-order valence-electron chi connectivity index (χ1n) is 5.61. The van der Waals surface area contributed by atoms with Gasteiger partial charge in [0.1, 0.15) is 0 Å². The van der Waals surface area contributed by atoms with E-state index in [4.69, 9.17) is 4.74 Å². The van der Waals surface area contributed by atoms with Gasteiger partial charge in [-0.2, -0.15) is 0 Å². The van der Waals surface area contributed by atoms with Gasteiger partial charge in [-0.3, -0.25) is 4.79 Å². The number of rotatable bonds is 5. The van der Waals surface area contributed by atoms with Gasteiger partial charge in [-0.1, -0.05) is 37.3 Å². The summed E-state index contributed by atoms with van der Waals surface area (Å²) in [6.45, 7) is 1.91. The Morgan fingerprint density at radius 1 is 1.29 bits per heavy atom. The number of amides is 1. The molecule has 0 aliphatic carbocycles. The molecule has 92 valence electrons. The highest BCUT2D eigenvalue weighted by Gasteiger charge is 2.22. The molecule has 0 unspecified atom stereocenters. The summed E-state index contributed by atoms with van der Waals surface area (Å²) in [5.74, 6) is -0.604. The molecule has 4 nitrogen and oxygen atoms in total. The highest BCUT2D eigenvalue weighted by molar-refractivity contribution is 5.85. The summed E-state index contributed by atoms with van der Waals surface area (Å²) in [4.78, 5) is 23.1. The standard InChI is InChI=1S/C13H17NO3/c1-3-7-11(15)14-12(13(16)17-2)10-8-5-4-6-9-10/h4-6,8-9,12H,3,7H2,1-2H3,(H,14,15)/t12-/m1/s1. The number of methoxy groups -OCH3 is 1. The van der Waals surface area contributed by atoms with Crippen molar-refractivity contribution in [3.05, 3.63) is 35.9 Å². The number of hydrogen-bond donors (Lipinski definition) is 1. The molecule has 0 aliphatic heterocycles. The van der Waals surface area contributed by atoms with Gasteiger partial charge in [0.05, 0.1) is 7.11 Å². The fourth-order valence-corrected chi connectivity index (χ4v) is 1.50. The van der Waals surface area contributed by atoms with Crippen LogP contribution in [-0.2, 0) is 14.3 Å². The molecule has 1 aromatic rings. The van der Waals surface area contributed by atoms with Crippen LogP contribution in [0.15, 0.2) is 30.3 Å². The van der Waals surface area contributed by atoms with Crippen molar-refractivity contribution in [3.8, 4) is 0 Å². The lowest BCUT2D eigenvalue weighted by Gasteiger charge is -2.16. The Kier molecular flexibility index (Phi) is 5.20. The topological polar surface area (TPSA) is 55.4 Å². The zero-order valence-corrected chi connectivity index (χ0v) is 10.1. The van der Waals surface area contributed by atoms with Crippen LogP contribution in [0.4, 0.5) is 0 Å². The number of benzene rings is 1. The second-order valence-electron chi connectivity index (χ2n) is 3.68. The summed E-state index contributed by atoms with van der Waals surface area (Å²) in [7, 11) is 1.31. The average Bonchev–Trinajstić information content (AvgIpc) is 2.36. The molecule has 0 saturated heterocycles. The van der Waals surface area contributed by atoms with Gasteiger partial charge in [0.2, 0.25) is 5.91 Å². The summed E-state index contributed by atoms with van der Waals surface area (Å²) in [5, 5.41) is 2.67. The van der Waals surface area contributed by atoms with Gasteiger partial charge in [0.15, 0.2) is 6.04 Å². The highest BCUT2D eigenvalue weighted by Crippen LogP contribution is 2.14. The van der Waals surface area contributed by atoms with E-state index in [2.05, 4.69) is 5.32 Å². The lowest BCUT2D eigenvalue weighted by molar-refractivity contribution is -0.145. The Balaban J connectivity index is 2.82. The molecule has 1 amide bonds. The van der Waals surface area contributed by atoms with E-state index in [9.17, 15) is 9.59 Å². The molecule has 0 heterocycles. The lowest BCUT2D eigenvalue weighted by Crippen LogP contribution is -2.34. The fraction of sp³-hybridized carbons (Fsp3) is 0.385. The number of esters is 1. The second kappa shape index (κ2) is 6.68. The smallest absolute Gasteiger partial charge is 0.333 e. The largest absolute Gasteiger partial charge is 0.467 e. The molecule has 0 fully saturated rings. The monoisotopic (exact) mass is 235 g/mol. The van der Waals surface area contributed by atoms with Crippen molar-refractivity contribution in [1.29, 1.82) is 0 Å². The minimum Gasteiger partial charge on any atom is -0.467 e. The van der Waals surface area contributed by atoms with Crippen molar-refractivity contribution in [2.45, 2.75) is 25.8 Å². The van der Waals surface area contributed by atoms with E-state index in [1.807, 2.05) is 25.1 Å². The van der Waals surface area contributed by atoms with Gasteiger partial charge in [-0.25, -0.2) is 4.79 Å². The molecule has 0 radical (unpaired) electrons. The third-order valence-corrected chi connectivity index (χ3v) is 2.35. The third kappa shape index (κ3) is 3.90. The Labute approximate surface area is 101 Å². The van der Waals surface area contributed by atoms with Crippen LogP contribution >= 0.6 is 0 Å². The van der Waals surface area contributed by atoms with Gasteiger partial charge in [0.25, 0.3) is 0 Å². The molecule has 0 spiro atoms. The third-order valence-electron chi connectivity index (χ3n) is 2.35. The van der Waals surface area contributed by atoms with Crippen molar-refractivity contribution < 1.29 is 14.3 Å². The number of nitrogens with one attached hydrogen (secondary N) is 1. The Bertz CT molecular complexity index is 376. The number of ether oxygens (including phenoxy) is 1. The molecular weight excluding hydrogens is 218 g/mol. The first-order valence-corrected chi connectivity index (χ1v) is 5.61. The average molecular weight is 235 g/mol. The van der Waals surface area contributed by atoms with E-state index >= 15 is 0 Å². The SMILES string of the molecule is CCCC(=O)N[C@@H](C(=O)OC)c1ccccc1. The van der Waals surface area contributed by atoms with Gasteiger partial charge in [-0.15, -0.1) is 0 Å². The second-order valence-corrected chi connectivity index (χ2v) is 3.68. The molecule has 1 N–H and O–H groups in total. The zero-order chi connectivity index (χ0) is 12.7. The van der Waals surface area contributed by atoms with Crippen molar-refractivity contribution in [3.63, 3.8) is 0 Å². The maximum absolute atomic E-state index is 11.6. The van der Waals surface area contributed by atoms with Crippen molar-refractivity contribution in [2.75, 3.05) is 7.11 Å². The molecule has 1 rings (SSSR count). The van der Waals surface area contributed by atoms with Crippen LogP contribution in [0.1, 0.15) is 31.4 Å². The van der Waals surface area contributed by atoms with E-state index in [1.165, 1.54) is 7.11 Å². The van der Waals surface area contributed by atoms with Gasteiger partial charge in [0, 0.05) is 6.42 Å². The van der Waals surface area contributed by atoms with Crippen LogP contribution in [0.5, 0.6) is 0 Å². The predicted molar refractivity (Wildman–Crippen MR) is 64.2 cm³/mol. The van der Waals surface area contributed by atoms with Gasteiger partial charge < -0.3 is 10.1 Å². The molecule has 1 atom stereocenters. The summed E-state index contributed by atoms with van der Waals surface area (Å²) in [6.07, 6.45) is 1.15. The van der Waals surface area contributed by atoms with Crippen molar-refractivity contribution in [1.82, 2.24) is 5.32 Å². The Morgan fingerprint density at radius 2 is 1.94 bits per heavy atom. The fourth-order valence-electron chi connectivity index (χ4n) is 1.50. The van der Waals surface area contributed by atoms with Crippen LogP contribution in [0.25, 0.3) is 0 Å². The normalized spacial score (nSPS) is 11.6. The van der Waals surface area contributed by atoms with E-state index in [0.29, 0.717) is 6.42 Å². The first kappa shape index (κ1) is 13.2. The van der Waals surface area contributed by atoms with Crippen LogP contribution in [-0.4, -0.2) is 19.0 Å². The summed E-state index contributed by atoms with van der Waals surface area (Å²) < 4.78 is 4.69. The minimum absolute atomic E-state index is 0.147. The van der Waals surface area contributed by atoms with Gasteiger partial charge in [-0.05, 0) is 12.0 Å². The van der Waals surface area contributed by atoms with E-state index in [-0.39, 0.29) is 5.91 Å². The van der Waals surface area contributed by atoms with Crippen LogP contribution < -0.4 is 5.32 Å². The van der Waals surface area contributed by atoms with Gasteiger partial charge >= 0.3 is 5.97 Å². The molecular formula is C13H17NO3. The maximum Gasteiger partial charge on any atom is 0.333 e. The Morgan fingerprint density at radius 3 is 2.47 bits per heavy atom. The summed E-state index contributed by atoms with van der Waals surface area (Å²) in [6, 6.07) is 8.34. The molecule has 0 saturated carbocycles. The molecule has 0 aliphatic rings. The lowest BCUT2D eigenvalue weighted by atomic mass is 10.1. The summed E-state index contributed by atoms with van der Waals surface area (Å²) in [5.41, 5.74) is 0.726. The first-order chi connectivity index (χ1) is 8.19. The van der Waals surface area contributed by atoms with Crippen LogP contribution in [0, 0.1) is 0 Å². The quantitative estimate of drug-likeness (QED) is 0.792. The van der Waals surface area contributed by atoms with Crippen molar-refractivity contribution in [2.24, 2.45) is 0 Å². The van der Waals surface area contributed by atoms with Crippen LogP contribution in [0.3, 0.4) is 0 Å². The molecule has 0 aromatic heterocycles. The van der Waals surface area contributed by atoms with Crippen molar-refractivity contribution >= 4 is 11.9 Å².